The number of hydrogen-bond donors (Lipinski definition) is 0. The third-order valence-corrected chi connectivity index (χ3v) is 4.34. The zero-order valence-electron chi connectivity index (χ0n) is 11.4. The Balaban J connectivity index is 1.96. The largest absolute Gasteiger partial charge is 0.347 e. The molecule has 1 aliphatic rings. The van der Waals surface area contributed by atoms with E-state index in [9.17, 15) is 0 Å². The smallest absolute Gasteiger partial charge is 0.0483 e. The summed E-state index contributed by atoms with van der Waals surface area (Å²) in [6.07, 6.45) is 6.26. The van der Waals surface area contributed by atoms with Crippen LogP contribution in [0.4, 0.5) is 0 Å². The van der Waals surface area contributed by atoms with Crippen LogP contribution in [0.5, 0.6) is 0 Å². The highest BCUT2D eigenvalue weighted by molar-refractivity contribution is 5.84. The van der Waals surface area contributed by atoms with Crippen molar-refractivity contribution >= 4 is 10.9 Å². The number of aryl methyl sites for hydroxylation is 1. The molecule has 96 valence electrons. The Morgan fingerprint density at radius 2 is 2.11 bits per heavy atom. The minimum absolute atomic E-state index is 0.737. The summed E-state index contributed by atoms with van der Waals surface area (Å²) in [5.74, 6) is 0. The van der Waals surface area contributed by atoms with E-state index in [1.165, 1.54) is 42.3 Å². The molecular formula is C16H22N2. The molecule has 0 spiro atoms. The summed E-state index contributed by atoms with van der Waals surface area (Å²) in [6.45, 7) is 4.54. The fourth-order valence-corrected chi connectivity index (χ4v) is 3.24. The van der Waals surface area contributed by atoms with Crippen LogP contribution in [0.3, 0.4) is 0 Å². The number of fused-ring (bicyclic) bond motifs is 1. The number of likely N-dealkylation sites (tertiary alicyclic amines) is 1. The Hall–Kier alpha value is -1.28. The fourth-order valence-electron chi connectivity index (χ4n) is 3.24. The second-order valence-electron chi connectivity index (χ2n) is 5.44. The van der Waals surface area contributed by atoms with E-state index in [2.05, 4.69) is 53.9 Å². The summed E-state index contributed by atoms with van der Waals surface area (Å²) < 4.78 is 2.37. The summed E-state index contributed by atoms with van der Waals surface area (Å²) in [6, 6.07) is 9.54. The second kappa shape index (κ2) is 4.77. The number of benzene rings is 1. The quantitative estimate of drug-likeness (QED) is 0.801. The van der Waals surface area contributed by atoms with Crippen LogP contribution in [-0.2, 0) is 13.0 Å². The predicted octanol–water partition coefficient (Wildman–Crippen LogP) is 3.30. The molecule has 0 bridgehead atoms. The minimum atomic E-state index is 0.737. The van der Waals surface area contributed by atoms with Crippen LogP contribution in [0.25, 0.3) is 10.9 Å². The van der Waals surface area contributed by atoms with Gasteiger partial charge in [-0.25, -0.2) is 0 Å². The first-order chi connectivity index (χ1) is 8.79. The number of aromatic nitrogens is 1. The van der Waals surface area contributed by atoms with Crippen molar-refractivity contribution in [1.82, 2.24) is 9.47 Å². The molecule has 2 heteroatoms. The first-order valence-electron chi connectivity index (χ1n) is 7.06. The number of para-hydroxylation sites is 1. The van der Waals surface area contributed by atoms with Crippen molar-refractivity contribution in [3.63, 3.8) is 0 Å². The van der Waals surface area contributed by atoms with E-state index in [4.69, 9.17) is 0 Å². The van der Waals surface area contributed by atoms with Crippen molar-refractivity contribution < 1.29 is 0 Å². The van der Waals surface area contributed by atoms with Gasteiger partial charge in [-0.1, -0.05) is 18.2 Å². The van der Waals surface area contributed by atoms with E-state index in [1.54, 1.807) is 0 Å². The van der Waals surface area contributed by atoms with Crippen LogP contribution >= 0.6 is 0 Å². The highest BCUT2D eigenvalue weighted by Gasteiger charge is 2.22. The molecule has 1 atom stereocenters. The van der Waals surface area contributed by atoms with Gasteiger partial charge in [-0.05, 0) is 51.4 Å². The average Bonchev–Trinajstić information content (AvgIpc) is 2.95. The maximum Gasteiger partial charge on any atom is 0.0483 e. The number of likely N-dealkylation sites (N-methyl/N-ethyl adjacent to an activating group) is 1. The molecule has 0 aliphatic carbocycles. The van der Waals surface area contributed by atoms with Gasteiger partial charge in [0.2, 0.25) is 0 Å². The maximum atomic E-state index is 2.51. The van der Waals surface area contributed by atoms with Crippen LogP contribution in [0.1, 0.15) is 25.3 Å². The summed E-state index contributed by atoms with van der Waals surface area (Å²) >= 11 is 0. The first-order valence-corrected chi connectivity index (χ1v) is 7.06. The van der Waals surface area contributed by atoms with E-state index in [-0.39, 0.29) is 0 Å². The minimum Gasteiger partial charge on any atom is -0.347 e. The molecule has 2 aromatic rings. The van der Waals surface area contributed by atoms with Crippen molar-refractivity contribution in [1.29, 1.82) is 0 Å². The lowest BCUT2D eigenvalue weighted by Gasteiger charge is -2.18. The summed E-state index contributed by atoms with van der Waals surface area (Å²) in [7, 11) is 2.26. The third-order valence-electron chi connectivity index (χ3n) is 4.34. The SMILES string of the molecule is CCn1cc(CC2CCCN2C)c2ccccc21. The lowest BCUT2D eigenvalue weighted by Crippen LogP contribution is -2.26. The molecule has 2 heterocycles. The first kappa shape index (κ1) is 11.8. The van der Waals surface area contributed by atoms with Gasteiger partial charge in [0.15, 0.2) is 0 Å². The highest BCUT2D eigenvalue weighted by Crippen LogP contribution is 2.26. The molecule has 18 heavy (non-hydrogen) atoms. The monoisotopic (exact) mass is 242 g/mol. The van der Waals surface area contributed by atoms with Gasteiger partial charge in [0, 0.05) is 29.7 Å². The van der Waals surface area contributed by atoms with Crippen molar-refractivity contribution in [2.24, 2.45) is 0 Å². The molecule has 0 saturated carbocycles. The number of rotatable bonds is 3. The summed E-state index contributed by atoms with van der Waals surface area (Å²) in [5.41, 5.74) is 2.90. The maximum absolute atomic E-state index is 2.51. The van der Waals surface area contributed by atoms with Crippen LogP contribution in [0, 0.1) is 0 Å². The zero-order chi connectivity index (χ0) is 12.5. The molecular weight excluding hydrogens is 220 g/mol. The van der Waals surface area contributed by atoms with E-state index in [1.807, 2.05) is 0 Å². The Kier molecular flexibility index (Phi) is 3.13. The van der Waals surface area contributed by atoms with Crippen LogP contribution in [0.15, 0.2) is 30.5 Å². The second-order valence-corrected chi connectivity index (χ2v) is 5.44. The number of hydrogen-bond acceptors (Lipinski definition) is 1. The molecule has 1 unspecified atom stereocenters. The predicted molar refractivity (Wildman–Crippen MR) is 77.0 cm³/mol. The van der Waals surface area contributed by atoms with E-state index in [0.29, 0.717) is 0 Å². The Morgan fingerprint density at radius 3 is 2.83 bits per heavy atom. The van der Waals surface area contributed by atoms with E-state index >= 15 is 0 Å². The molecule has 1 saturated heterocycles. The lowest BCUT2D eigenvalue weighted by molar-refractivity contribution is 0.309. The van der Waals surface area contributed by atoms with Gasteiger partial charge in [0.05, 0.1) is 0 Å². The molecule has 0 amide bonds. The van der Waals surface area contributed by atoms with Gasteiger partial charge >= 0.3 is 0 Å². The fraction of sp³-hybridized carbons (Fsp3) is 0.500. The third kappa shape index (κ3) is 1.95. The molecule has 0 N–H and O–H groups in total. The molecule has 3 rings (SSSR count). The Labute approximate surface area is 109 Å². The normalized spacial score (nSPS) is 20.9. The van der Waals surface area contributed by atoms with Crippen molar-refractivity contribution in [2.45, 2.75) is 38.8 Å². The Bertz CT molecular complexity index is 541. The summed E-state index contributed by atoms with van der Waals surface area (Å²) in [5, 5.41) is 1.44. The van der Waals surface area contributed by atoms with Crippen molar-refractivity contribution in [2.75, 3.05) is 13.6 Å². The van der Waals surface area contributed by atoms with Gasteiger partial charge in [-0.3, -0.25) is 0 Å². The standard InChI is InChI=1S/C16H22N2/c1-3-18-12-13(11-14-7-6-10-17(14)2)15-8-4-5-9-16(15)18/h4-5,8-9,12,14H,3,6-7,10-11H2,1-2H3. The zero-order valence-corrected chi connectivity index (χ0v) is 11.4. The van der Waals surface area contributed by atoms with Gasteiger partial charge in [-0.15, -0.1) is 0 Å². The molecule has 1 aliphatic heterocycles. The molecule has 1 aromatic carbocycles. The van der Waals surface area contributed by atoms with E-state index < -0.39 is 0 Å². The van der Waals surface area contributed by atoms with Gasteiger partial charge in [-0.2, -0.15) is 0 Å². The summed E-state index contributed by atoms with van der Waals surface area (Å²) in [4.78, 5) is 2.51. The molecule has 2 nitrogen and oxygen atoms in total. The van der Waals surface area contributed by atoms with Crippen molar-refractivity contribution in [3.05, 3.63) is 36.0 Å². The van der Waals surface area contributed by atoms with E-state index in [0.717, 1.165) is 12.6 Å². The van der Waals surface area contributed by atoms with Crippen LogP contribution in [-0.4, -0.2) is 29.1 Å². The molecule has 0 radical (unpaired) electrons. The Morgan fingerprint density at radius 1 is 1.28 bits per heavy atom. The van der Waals surface area contributed by atoms with Crippen LogP contribution < -0.4 is 0 Å². The number of nitrogens with zero attached hydrogens (tertiary/aromatic N) is 2. The van der Waals surface area contributed by atoms with Gasteiger partial charge in [0.25, 0.3) is 0 Å². The van der Waals surface area contributed by atoms with Gasteiger partial charge < -0.3 is 9.47 Å². The van der Waals surface area contributed by atoms with Gasteiger partial charge in [0.1, 0.15) is 0 Å². The lowest BCUT2D eigenvalue weighted by atomic mass is 10.0. The highest BCUT2D eigenvalue weighted by atomic mass is 15.1. The molecule has 1 fully saturated rings. The van der Waals surface area contributed by atoms with Crippen molar-refractivity contribution in [3.8, 4) is 0 Å². The topological polar surface area (TPSA) is 8.17 Å². The molecule has 1 aromatic heterocycles. The van der Waals surface area contributed by atoms with Crippen LogP contribution in [0.2, 0.25) is 0 Å². The average molecular weight is 242 g/mol.